The van der Waals surface area contributed by atoms with Gasteiger partial charge in [-0.05, 0) is 36.4 Å². The first-order chi connectivity index (χ1) is 10.3. The first-order valence-corrected chi connectivity index (χ1v) is 6.62. The van der Waals surface area contributed by atoms with Crippen molar-refractivity contribution in [1.82, 2.24) is 4.98 Å². The van der Waals surface area contributed by atoms with Gasteiger partial charge in [-0.1, -0.05) is 23.7 Å². The minimum Gasteiger partial charge on any atom is -0.435 e. The van der Waals surface area contributed by atoms with Crippen LogP contribution in [0.5, 0.6) is 0 Å². The van der Waals surface area contributed by atoms with Crippen LogP contribution in [0.3, 0.4) is 0 Å². The van der Waals surface area contributed by atoms with Crippen LogP contribution in [0.1, 0.15) is 5.89 Å². The maximum atomic E-state index is 9.25. The summed E-state index contributed by atoms with van der Waals surface area (Å²) in [7, 11) is 0. The third-order valence-corrected chi connectivity index (χ3v) is 3.12. The molecule has 0 radical (unpaired) electrons. The highest BCUT2D eigenvalue weighted by molar-refractivity contribution is 6.30. The molecular formula is C16H10ClN3O. The van der Waals surface area contributed by atoms with E-state index in [2.05, 4.69) is 16.4 Å². The summed E-state index contributed by atoms with van der Waals surface area (Å²) in [5, 5.41) is 12.9. The quantitative estimate of drug-likeness (QED) is 0.725. The first kappa shape index (κ1) is 13.2. The van der Waals surface area contributed by atoms with Gasteiger partial charge in [-0.2, -0.15) is 5.26 Å². The first-order valence-electron chi connectivity index (χ1n) is 6.24. The summed E-state index contributed by atoms with van der Waals surface area (Å²) in [6.07, 6.45) is 1.56. The van der Waals surface area contributed by atoms with Crippen molar-refractivity contribution in [3.63, 3.8) is 0 Å². The lowest BCUT2D eigenvalue weighted by molar-refractivity contribution is 0.586. The summed E-state index contributed by atoms with van der Waals surface area (Å²) in [5.41, 5.74) is 2.52. The molecule has 0 unspecified atom stereocenters. The van der Waals surface area contributed by atoms with Crippen LogP contribution in [-0.4, -0.2) is 4.98 Å². The van der Waals surface area contributed by atoms with E-state index in [1.165, 1.54) is 0 Å². The number of oxazole rings is 1. The number of benzene rings is 2. The molecule has 0 aliphatic carbocycles. The van der Waals surface area contributed by atoms with Crippen LogP contribution < -0.4 is 5.32 Å². The SMILES string of the molecule is N#C/C(=C\Nc1ccc(Cl)cc1)c1nc2ccccc2o1. The van der Waals surface area contributed by atoms with Crippen LogP contribution in [0.25, 0.3) is 16.7 Å². The molecule has 0 atom stereocenters. The van der Waals surface area contributed by atoms with Crippen LogP contribution in [-0.2, 0) is 0 Å². The number of anilines is 1. The summed E-state index contributed by atoms with van der Waals surface area (Å²) >= 11 is 5.82. The van der Waals surface area contributed by atoms with Crippen molar-refractivity contribution in [2.24, 2.45) is 0 Å². The fourth-order valence-electron chi connectivity index (χ4n) is 1.83. The van der Waals surface area contributed by atoms with Gasteiger partial charge in [0.2, 0.25) is 5.89 Å². The molecule has 0 aliphatic rings. The fourth-order valence-corrected chi connectivity index (χ4v) is 1.96. The molecule has 21 heavy (non-hydrogen) atoms. The van der Waals surface area contributed by atoms with E-state index in [0.29, 0.717) is 22.1 Å². The molecule has 0 fully saturated rings. The van der Waals surface area contributed by atoms with Crippen molar-refractivity contribution in [1.29, 1.82) is 5.26 Å². The smallest absolute Gasteiger partial charge is 0.239 e. The second-order valence-electron chi connectivity index (χ2n) is 4.31. The Labute approximate surface area is 126 Å². The third-order valence-electron chi connectivity index (χ3n) is 2.87. The third kappa shape index (κ3) is 2.88. The predicted octanol–water partition coefficient (Wildman–Crippen LogP) is 4.46. The molecule has 4 nitrogen and oxygen atoms in total. The lowest BCUT2D eigenvalue weighted by Crippen LogP contribution is -1.90. The second-order valence-corrected chi connectivity index (χ2v) is 4.74. The zero-order chi connectivity index (χ0) is 14.7. The fraction of sp³-hybridized carbons (Fsp3) is 0. The summed E-state index contributed by atoms with van der Waals surface area (Å²) in [4.78, 5) is 4.29. The molecule has 0 saturated carbocycles. The predicted molar refractivity (Wildman–Crippen MR) is 82.7 cm³/mol. The normalized spacial score (nSPS) is 11.3. The summed E-state index contributed by atoms with van der Waals surface area (Å²) in [5.74, 6) is 0.292. The van der Waals surface area contributed by atoms with Crippen molar-refractivity contribution in [3.05, 3.63) is 65.6 Å². The molecule has 5 heteroatoms. The molecule has 3 rings (SSSR count). The topological polar surface area (TPSA) is 61.9 Å². The van der Waals surface area contributed by atoms with E-state index in [1.807, 2.05) is 36.4 Å². The molecule has 1 N–H and O–H groups in total. The average molecular weight is 296 g/mol. The highest BCUT2D eigenvalue weighted by Crippen LogP contribution is 2.21. The number of allylic oxidation sites excluding steroid dienone is 1. The van der Waals surface area contributed by atoms with Gasteiger partial charge in [0, 0.05) is 16.9 Å². The molecule has 102 valence electrons. The van der Waals surface area contributed by atoms with Gasteiger partial charge >= 0.3 is 0 Å². The van der Waals surface area contributed by atoms with Gasteiger partial charge < -0.3 is 9.73 Å². The van der Waals surface area contributed by atoms with Gasteiger partial charge in [0.25, 0.3) is 0 Å². The van der Waals surface area contributed by atoms with E-state index >= 15 is 0 Å². The number of nitriles is 1. The highest BCUT2D eigenvalue weighted by Gasteiger charge is 2.09. The molecule has 3 aromatic rings. The molecule has 0 spiro atoms. The monoisotopic (exact) mass is 295 g/mol. The summed E-state index contributed by atoms with van der Waals surface area (Å²) < 4.78 is 5.57. The molecule has 1 aromatic heterocycles. The number of para-hydroxylation sites is 2. The molecule has 0 aliphatic heterocycles. The van der Waals surface area contributed by atoms with Crippen molar-refractivity contribution in [3.8, 4) is 6.07 Å². The Kier molecular flexibility index (Phi) is 3.59. The Balaban J connectivity index is 1.89. The lowest BCUT2D eigenvalue weighted by Gasteiger charge is -2.00. The average Bonchev–Trinajstić information content (AvgIpc) is 2.93. The van der Waals surface area contributed by atoms with E-state index < -0.39 is 0 Å². The summed E-state index contributed by atoms with van der Waals surface area (Å²) in [6, 6.07) is 16.6. The number of halogens is 1. The van der Waals surface area contributed by atoms with Crippen LogP contribution in [0.15, 0.2) is 59.1 Å². The molecule has 1 heterocycles. The van der Waals surface area contributed by atoms with Gasteiger partial charge in [-0.3, -0.25) is 0 Å². The van der Waals surface area contributed by atoms with Crippen LogP contribution in [0.2, 0.25) is 5.02 Å². The minimum atomic E-state index is 0.292. The zero-order valence-electron chi connectivity index (χ0n) is 10.9. The van der Waals surface area contributed by atoms with Crippen LogP contribution >= 0.6 is 11.6 Å². The van der Waals surface area contributed by atoms with Gasteiger partial charge in [0.05, 0.1) is 0 Å². The maximum Gasteiger partial charge on any atom is 0.239 e. The Morgan fingerprint density at radius 1 is 1.19 bits per heavy atom. The largest absolute Gasteiger partial charge is 0.435 e. The van der Waals surface area contributed by atoms with Gasteiger partial charge in [-0.15, -0.1) is 0 Å². The molecule has 0 amide bonds. The van der Waals surface area contributed by atoms with E-state index in [0.717, 1.165) is 11.2 Å². The Morgan fingerprint density at radius 2 is 1.95 bits per heavy atom. The minimum absolute atomic E-state index is 0.292. The molecular weight excluding hydrogens is 286 g/mol. The highest BCUT2D eigenvalue weighted by atomic mass is 35.5. The van der Waals surface area contributed by atoms with E-state index in [1.54, 1.807) is 18.3 Å². The molecule has 0 bridgehead atoms. The van der Waals surface area contributed by atoms with E-state index in [9.17, 15) is 5.26 Å². The zero-order valence-corrected chi connectivity index (χ0v) is 11.6. The van der Waals surface area contributed by atoms with Gasteiger partial charge in [-0.25, -0.2) is 4.98 Å². The van der Waals surface area contributed by atoms with E-state index in [4.69, 9.17) is 16.0 Å². The molecule has 0 saturated heterocycles. The number of rotatable bonds is 3. The molecule has 2 aromatic carbocycles. The van der Waals surface area contributed by atoms with Crippen LogP contribution in [0, 0.1) is 11.3 Å². The maximum absolute atomic E-state index is 9.25. The van der Waals surface area contributed by atoms with Gasteiger partial charge in [0.1, 0.15) is 17.2 Å². The summed E-state index contributed by atoms with van der Waals surface area (Å²) in [6.45, 7) is 0. The van der Waals surface area contributed by atoms with Crippen molar-refractivity contribution >= 4 is 34.0 Å². The van der Waals surface area contributed by atoms with Crippen molar-refractivity contribution in [2.45, 2.75) is 0 Å². The van der Waals surface area contributed by atoms with Crippen molar-refractivity contribution in [2.75, 3.05) is 5.32 Å². The standard InChI is InChI=1S/C16H10ClN3O/c17-12-5-7-13(8-6-12)19-10-11(9-18)16-20-14-3-1-2-4-15(14)21-16/h1-8,10,19H/b11-10+. The van der Waals surface area contributed by atoms with Gasteiger partial charge in [0.15, 0.2) is 5.58 Å². The number of hydrogen-bond donors (Lipinski definition) is 1. The number of fused-ring (bicyclic) bond motifs is 1. The number of hydrogen-bond acceptors (Lipinski definition) is 4. The number of nitrogens with one attached hydrogen (secondary N) is 1. The Hall–Kier alpha value is -2.77. The number of nitrogens with zero attached hydrogens (tertiary/aromatic N) is 2. The van der Waals surface area contributed by atoms with Crippen LogP contribution in [0.4, 0.5) is 5.69 Å². The van der Waals surface area contributed by atoms with Crippen molar-refractivity contribution < 1.29 is 4.42 Å². The Bertz CT molecular complexity index is 811. The second kappa shape index (κ2) is 5.70. The van der Waals surface area contributed by atoms with E-state index in [-0.39, 0.29) is 0 Å². The number of aromatic nitrogens is 1. The lowest BCUT2D eigenvalue weighted by atomic mass is 10.3. The Morgan fingerprint density at radius 3 is 2.67 bits per heavy atom.